The van der Waals surface area contributed by atoms with Crippen LogP contribution in [0.1, 0.15) is 105 Å². The zero-order chi connectivity index (χ0) is 21.0. The Kier molecular flexibility index (Phi) is 5.86. The molecule has 0 radical (unpaired) electrons. The standard InChI is InChI=1S/C28H46O/c1-18(2)19(3)7-8-20(4)24-11-12-25-23-10-9-21-17-22(29)13-15-27(21,5)26(23)14-16-28(24,25)6/h18,20-22,24-25,29H,3,7-17H2,1-2,4-6H3/t20-,21+,22+,24-,25?,27+,28-/m1/s1. The van der Waals surface area contributed by atoms with Gasteiger partial charge in [0.05, 0.1) is 6.10 Å². The fourth-order valence-electron chi connectivity index (χ4n) is 8.32. The van der Waals surface area contributed by atoms with Gasteiger partial charge in [-0.25, -0.2) is 0 Å². The molecule has 0 saturated heterocycles. The SMILES string of the molecule is C=C(CC[C@@H](C)[C@H]1CCC2C3=C(CC[C@@]21C)[C@@]1(C)CC[C@H](O)C[C@@H]1CC3)C(C)C. The Morgan fingerprint density at radius 3 is 2.55 bits per heavy atom. The summed E-state index contributed by atoms with van der Waals surface area (Å²) in [7, 11) is 0. The number of rotatable bonds is 5. The highest BCUT2D eigenvalue weighted by molar-refractivity contribution is 5.34. The van der Waals surface area contributed by atoms with Gasteiger partial charge in [0.1, 0.15) is 0 Å². The Balaban J connectivity index is 1.53. The molecule has 2 fully saturated rings. The van der Waals surface area contributed by atoms with Crippen molar-refractivity contribution < 1.29 is 5.11 Å². The summed E-state index contributed by atoms with van der Waals surface area (Å²) in [5.41, 5.74) is 6.12. The first kappa shape index (κ1) is 21.7. The average Bonchev–Trinajstić information content (AvgIpc) is 3.03. The van der Waals surface area contributed by atoms with E-state index in [1.54, 1.807) is 0 Å². The van der Waals surface area contributed by atoms with Crippen molar-refractivity contribution >= 4 is 0 Å². The lowest BCUT2D eigenvalue weighted by Crippen LogP contribution is -2.45. The molecule has 1 N–H and O–H groups in total. The maximum atomic E-state index is 10.2. The zero-order valence-corrected chi connectivity index (χ0v) is 19.9. The van der Waals surface area contributed by atoms with Crippen molar-refractivity contribution in [1.29, 1.82) is 0 Å². The van der Waals surface area contributed by atoms with E-state index in [0.29, 0.717) is 16.7 Å². The normalized spacial score (nSPS) is 43.0. The van der Waals surface area contributed by atoms with Gasteiger partial charge in [-0.15, -0.1) is 0 Å². The topological polar surface area (TPSA) is 20.2 Å². The van der Waals surface area contributed by atoms with Crippen molar-refractivity contribution in [3.63, 3.8) is 0 Å². The van der Waals surface area contributed by atoms with Crippen LogP contribution in [0.5, 0.6) is 0 Å². The number of fused-ring (bicyclic) bond motifs is 4. The first-order valence-corrected chi connectivity index (χ1v) is 12.7. The summed E-state index contributed by atoms with van der Waals surface area (Å²) >= 11 is 0. The molecule has 4 aliphatic rings. The molecule has 0 bridgehead atoms. The monoisotopic (exact) mass is 398 g/mol. The first-order valence-electron chi connectivity index (χ1n) is 12.7. The molecule has 0 aromatic heterocycles. The van der Waals surface area contributed by atoms with Crippen LogP contribution in [0.25, 0.3) is 0 Å². The molecule has 7 atom stereocenters. The molecule has 29 heavy (non-hydrogen) atoms. The lowest BCUT2D eigenvalue weighted by Gasteiger charge is -2.55. The van der Waals surface area contributed by atoms with Crippen molar-refractivity contribution in [3.8, 4) is 0 Å². The summed E-state index contributed by atoms with van der Waals surface area (Å²) in [6.45, 7) is 16.7. The Labute approximate surface area is 180 Å². The second kappa shape index (κ2) is 7.85. The predicted octanol–water partition coefficient (Wildman–Crippen LogP) is 7.70. The van der Waals surface area contributed by atoms with E-state index < -0.39 is 0 Å². The van der Waals surface area contributed by atoms with Crippen LogP contribution < -0.4 is 0 Å². The molecule has 164 valence electrons. The third kappa shape index (κ3) is 3.58. The van der Waals surface area contributed by atoms with Crippen LogP contribution in [0.4, 0.5) is 0 Å². The molecule has 0 aliphatic heterocycles. The van der Waals surface area contributed by atoms with Crippen LogP contribution in [-0.2, 0) is 0 Å². The maximum Gasteiger partial charge on any atom is 0.0543 e. The van der Waals surface area contributed by atoms with Crippen molar-refractivity contribution in [2.45, 2.75) is 111 Å². The van der Waals surface area contributed by atoms with E-state index >= 15 is 0 Å². The lowest BCUT2D eigenvalue weighted by atomic mass is 9.50. The second-order valence-corrected chi connectivity index (χ2v) is 12.2. The smallest absolute Gasteiger partial charge is 0.0543 e. The van der Waals surface area contributed by atoms with Gasteiger partial charge in [-0.2, -0.15) is 0 Å². The predicted molar refractivity (Wildman–Crippen MR) is 124 cm³/mol. The van der Waals surface area contributed by atoms with Crippen molar-refractivity contribution in [2.75, 3.05) is 0 Å². The molecule has 0 aromatic carbocycles. The molecule has 0 heterocycles. The number of aliphatic hydroxyl groups excluding tert-OH is 1. The molecular weight excluding hydrogens is 352 g/mol. The minimum absolute atomic E-state index is 0.0404. The van der Waals surface area contributed by atoms with Gasteiger partial charge >= 0.3 is 0 Å². The summed E-state index contributed by atoms with van der Waals surface area (Å²) in [5.74, 6) is 3.91. The van der Waals surface area contributed by atoms with Crippen LogP contribution in [0.15, 0.2) is 23.3 Å². The summed E-state index contributed by atoms with van der Waals surface area (Å²) in [4.78, 5) is 0. The van der Waals surface area contributed by atoms with Crippen LogP contribution in [0, 0.1) is 40.4 Å². The van der Waals surface area contributed by atoms with E-state index in [2.05, 4.69) is 41.2 Å². The molecule has 1 unspecified atom stereocenters. The summed E-state index contributed by atoms with van der Waals surface area (Å²) in [6, 6.07) is 0. The van der Waals surface area contributed by atoms with Gasteiger partial charge < -0.3 is 5.11 Å². The Morgan fingerprint density at radius 2 is 1.83 bits per heavy atom. The lowest BCUT2D eigenvalue weighted by molar-refractivity contribution is 0.0133. The van der Waals surface area contributed by atoms with Crippen LogP contribution in [0.2, 0.25) is 0 Å². The van der Waals surface area contributed by atoms with Crippen LogP contribution in [0.3, 0.4) is 0 Å². The highest BCUT2D eigenvalue weighted by atomic mass is 16.3. The summed E-state index contributed by atoms with van der Waals surface area (Å²) < 4.78 is 0. The molecule has 1 heteroatoms. The molecule has 0 spiro atoms. The highest BCUT2D eigenvalue weighted by Gasteiger charge is 2.55. The van der Waals surface area contributed by atoms with Gasteiger partial charge in [-0.05, 0) is 111 Å². The Bertz CT molecular complexity index is 672. The fourth-order valence-corrected chi connectivity index (χ4v) is 8.32. The minimum atomic E-state index is -0.0404. The minimum Gasteiger partial charge on any atom is -0.393 e. The van der Waals surface area contributed by atoms with Crippen molar-refractivity contribution in [1.82, 2.24) is 0 Å². The van der Waals surface area contributed by atoms with Crippen LogP contribution in [-0.4, -0.2) is 11.2 Å². The van der Waals surface area contributed by atoms with Crippen molar-refractivity contribution in [2.24, 2.45) is 40.4 Å². The summed E-state index contributed by atoms with van der Waals surface area (Å²) in [5, 5.41) is 10.2. The quantitative estimate of drug-likeness (QED) is 0.470. The molecular formula is C28H46O. The number of aliphatic hydroxyl groups is 1. The van der Waals surface area contributed by atoms with Gasteiger partial charge in [-0.3, -0.25) is 0 Å². The number of hydrogen-bond donors (Lipinski definition) is 1. The van der Waals surface area contributed by atoms with Gasteiger partial charge in [0.15, 0.2) is 0 Å². The molecule has 4 rings (SSSR count). The van der Waals surface area contributed by atoms with Crippen LogP contribution >= 0.6 is 0 Å². The molecule has 0 aromatic rings. The third-order valence-electron chi connectivity index (χ3n) is 10.5. The van der Waals surface area contributed by atoms with Gasteiger partial charge in [0, 0.05) is 0 Å². The van der Waals surface area contributed by atoms with E-state index in [4.69, 9.17) is 0 Å². The van der Waals surface area contributed by atoms with Gasteiger partial charge in [0.2, 0.25) is 0 Å². The van der Waals surface area contributed by atoms with Gasteiger partial charge in [-0.1, -0.05) is 57.9 Å². The van der Waals surface area contributed by atoms with E-state index in [0.717, 1.165) is 36.5 Å². The highest BCUT2D eigenvalue weighted by Crippen LogP contribution is 2.66. The Hall–Kier alpha value is -0.560. The number of hydrogen-bond acceptors (Lipinski definition) is 1. The van der Waals surface area contributed by atoms with E-state index in [9.17, 15) is 5.11 Å². The second-order valence-electron chi connectivity index (χ2n) is 12.2. The maximum absolute atomic E-state index is 10.2. The molecule has 4 aliphatic carbocycles. The van der Waals surface area contributed by atoms with E-state index in [-0.39, 0.29) is 6.10 Å². The fraction of sp³-hybridized carbons (Fsp3) is 0.857. The molecule has 2 saturated carbocycles. The third-order valence-corrected chi connectivity index (χ3v) is 10.5. The van der Waals surface area contributed by atoms with Crippen molar-refractivity contribution in [3.05, 3.63) is 23.3 Å². The van der Waals surface area contributed by atoms with Gasteiger partial charge in [0.25, 0.3) is 0 Å². The zero-order valence-electron chi connectivity index (χ0n) is 19.9. The molecule has 1 nitrogen and oxygen atoms in total. The number of allylic oxidation sites excluding steroid dienone is 3. The van der Waals surface area contributed by atoms with E-state index in [1.807, 2.05) is 11.1 Å². The largest absolute Gasteiger partial charge is 0.393 e. The summed E-state index contributed by atoms with van der Waals surface area (Å²) in [6.07, 6.45) is 14.1. The molecule has 0 amide bonds. The first-order chi connectivity index (χ1) is 13.7. The van der Waals surface area contributed by atoms with E-state index in [1.165, 1.54) is 63.4 Å². The average molecular weight is 399 g/mol. The Morgan fingerprint density at radius 1 is 1.07 bits per heavy atom.